The molecule has 0 atom stereocenters. The van der Waals surface area contributed by atoms with Gasteiger partial charge in [-0.2, -0.15) is 0 Å². The molecule has 0 fully saturated rings. The predicted molar refractivity (Wildman–Crippen MR) is 105 cm³/mol. The number of carbonyl (C=O) groups is 2. The zero-order valence-corrected chi connectivity index (χ0v) is 16.8. The van der Waals surface area contributed by atoms with Crippen LogP contribution in [0.25, 0.3) is 0 Å². The number of amides is 2. The van der Waals surface area contributed by atoms with Crippen LogP contribution in [0.5, 0.6) is 5.75 Å². The second-order valence-electron chi connectivity index (χ2n) is 7.15. The van der Waals surface area contributed by atoms with Gasteiger partial charge in [-0.05, 0) is 65.8 Å². The molecule has 0 aliphatic rings. The van der Waals surface area contributed by atoms with Crippen LogP contribution >= 0.6 is 0 Å². The topological polar surface area (TPSA) is 70.7 Å². The van der Waals surface area contributed by atoms with E-state index in [1.165, 1.54) is 0 Å². The number of nitrogens with one attached hydrogen (secondary N) is 2. The fourth-order valence-electron chi connectivity index (χ4n) is 2.72. The van der Waals surface area contributed by atoms with Crippen LogP contribution in [0.1, 0.15) is 51.9 Å². The van der Waals surface area contributed by atoms with Crippen molar-refractivity contribution in [2.24, 2.45) is 0 Å². The van der Waals surface area contributed by atoms with Crippen molar-refractivity contribution in [2.75, 3.05) is 19.6 Å². The zero-order chi connectivity index (χ0) is 19.7. The van der Waals surface area contributed by atoms with Gasteiger partial charge >= 0.3 is 0 Å². The Morgan fingerprint density at radius 3 is 2.04 bits per heavy atom. The van der Waals surface area contributed by atoms with Gasteiger partial charge in [0, 0.05) is 30.7 Å². The van der Waals surface area contributed by atoms with Gasteiger partial charge in [-0.25, -0.2) is 0 Å². The number of rotatable bonds is 10. The summed E-state index contributed by atoms with van der Waals surface area (Å²) in [5.41, 5.74) is 0.500. The lowest BCUT2D eigenvalue weighted by molar-refractivity contribution is -0.120. The number of carbonyl (C=O) groups excluding carboxylic acids is 2. The highest BCUT2D eigenvalue weighted by Crippen LogP contribution is 2.13. The minimum atomic E-state index is -0.276. The summed E-state index contributed by atoms with van der Waals surface area (Å²) in [5.74, 6) is 0.252. The molecule has 0 radical (unpaired) electrons. The summed E-state index contributed by atoms with van der Waals surface area (Å²) in [6.45, 7) is 13.8. The first-order chi connectivity index (χ1) is 12.2. The fraction of sp³-hybridized carbons (Fsp3) is 0.600. The lowest BCUT2D eigenvalue weighted by Gasteiger charge is -2.30. The second kappa shape index (κ2) is 10.8. The Labute approximate surface area is 157 Å². The van der Waals surface area contributed by atoms with E-state index in [9.17, 15) is 9.59 Å². The van der Waals surface area contributed by atoms with Crippen molar-refractivity contribution in [3.63, 3.8) is 0 Å². The smallest absolute Gasteiger partial charge is 0.251 e. The van der Waals surface area contributed by atoms with Crippen molar-refractivity contribution in [3.8, 4) is 5.75 Å². The molecule has 1 aromatic rings. The van der Waals surface area contributed by atoms with Crippen LogP contribution in [0.3, 0.4) is 0 Å². The molecule has 0 aliphatic carbocycles. The number of nitrogens with zero attached hydrogens (tertiary/aromatic N) is 1. The van der Waals surface area contributed by atoms with Crippen LogP contribution in [0.4, 0.5) is 0 Å². The highest BCUT2D eigenvalue weighted by molar-refractivity contribution is 5.96. The second-order valence-corrected chi connectivity index (χ2v) is 7.15. The van der Waals surface area contributed by atoms with Crippen LogP contribution in [0.15, 0.2) is 24.3 Å². The molecule has 0 aromatic heterocycles. The van der Waals surface area contributed by atoms with Crippen LogP contribution in [0.2, 0.25) is 0 Å². The number of ether oxygens (including phenoxy) is 1. The molecule has 146 valence electrons. The molecular weight excluding hydrogens is 330 g/mol. The highest BCUT2D eigenvalue weighted by Gasteiger charge is 2.13. The monoisotopic (exact) mass is 363 g/mol. The summed E-state index contributed by atoms with van der Waals surface area (Å²) in [6, 6.07) is 7.73. The fourth-order valence-corrected chi connectivity index (χ4v) is 2.72. The molecule has 2 N–H and O–H groups in total. The maximum Gasteiger partial charge on any atom is 0.251 e. The van der Waals surface area contributed by atoms with E-state index in [0.717, 1.165) is 6.54 Å². The number of hydrogen-bond donors (Lipinski definition) is 2. The van der Waals surface area contributed by atoms with Gasteiger partial charge in [-0.15, -0.1) is 0 Å². The number of benzene rings is 1. The van der Waals surface area contributed by atoms with Crippen molar-refractivity contribution >= 4 is 11.8 Å². The Bertz CT molecular complexity index is 560. The molecule has 0 heterocycles. The summed E-state index contributed by atoms with van der Waals surface area (Å²) < 4.78 is 5.54. The van der Waals surface area contributed by atoms with Gasteiger partial charge in [0.1, 0.15) is 5.75 Å². The van der Waals surface area contributed by atoms with E-state index in [0.29, 0.717) is 29.9 Å². The molecule has 6 nitrogen and oxygen atoms in total. The molecule has 1 aromatic carbocycles. The Morgan fingerprint density at radius 2 is 1.54 bits per heavy atom. The van der Waals surface area contributed by atoms with E-state index >= 15 is 0 Å². The van der Waals surface area contributed by atoms with E-state index < -0.39 is 0 Å². The van der Waals surface area contributed by atoms with Gasteiger partial charge in [-0.1, -0.05) is 0 Å². The third kappa shape index (κ3) is 7.87. The van der Waals surface area contributed by atoms with Crippen LogP contribution < -0.4 is 15.4 Å². The molecule has 2 amide bonds. The maximum atomic E-state index is 12.1. The Balaban J connectivity index is 2.36. The highest BCUT2D eigenvalue weighted by atomic mass is 16.5. The van der Waals surface area contributed by atoms with Gasteiger partial charge in [0.15, 0.2) is 0 Å². The zero-order valence-electron chi connectivity index (χ0n) is 16.8. The quantitative estimate of drug-likeness (QED) is 0.670. The van der Waals surface area contributed by atoms with Gasteiger partial charge < -0.3 is 15.4 Å². The van der Waals surface area contributed by atoms with Gasteiger partial charge in [0.05, 0.1) is 12.6 Å². The van der Waals surface area contributed by atoms with E-state index in [2.05, 4.69) is 43.2 Å². The Morgan fingerprint density at radius 1 is 0.962 bits per heavy atom. The normalized spacial score (nSPS) is 11.3. The average Bonchev–Trinajstić information content (AvgIpc) is 2.56. The Kier molecular flexibility index (Phi) is 9.13. The van der Waals surface area contributed by atoms with E-state index in [1.807, 2.05) is 13.8 Å². The summed E-state index contributed by atoms with van der Waals surface area (Å²) in [6.07, 6.45) is 0.0840. The van der Waals surface area contributed by atoms with Crippen molar-refractivity contribution in [2.45, 2.75) is 59.7 Å². The third-order valence-corrected chi connectivity index (χ3v) is 3.92. The maximum absolute atomic E-state index is 12.1. The molecule has 0 spiro atoms. The summed E-state index contributed by atoms with van der Waals surface area (Å²) in [4.78, 5) is 26.3. The molecule has 6 heteroatoms. The summed E-state index contributed by atoms with van der Waals surface area (Å²) in [5, 5.41) is 5.48. The number of hydrogen-bond acceptors (Lipinski definition) is 4. The standard InChI is InChI=1S/C20H33N3O3/c1-14(2)23(15(3)4)12-11-21-19(24)13-22-20(25)17-7-9-18(10-8-17)26-16(5)6/h7-10,14-16H,11-13H2,1-6H3,(H,21,24)(H,22,25). The van der Waals surface area contributed by atoms with Crippen molar-refractivity contribution in [3.05, 3.63) is 29.8 Å². The van der Waals surface area contributed by atoms with Gasteiger partial charge in [0.25, 0.3) is 5.91 Å². The molecule has 0 bridgehead atoms. The average molecular weight is 364 g/mol. The first-order valence-corrected chi connectivity index (χ1v) is 9.28. The SMILES string of the molecule is CC(C)Oc1ccc(C(=O)NCC(=O)NCCN(C(C)C)C(C)C)cc1. The van der Waals surface area contributed by atoms with E-state index in [1.54, 1.807) is 24.3 Å². The van der Waals surface area contributed by atoms with Gasteiger partial charge in [-0.3, -0.25) is 14.5 Å². The predicted octanol–water partition coefficient (Wildman–Crippen LogP) is 2.44. The largest absolute Gasteiger partial charge is 0.491 e. The third-order valence-electron chi connectivity index (χ3n) is 3.92. The first kappa shape index (κ1) is 22.0. The van der Waals surface area contributed by atoms with E-state index in [4.69, 9.17) is 4.74 Å². The van der Waals surface area contributed by atoms with Crippen molar-refractivity contribution in [1.82, 2.24) is 15.5 Å². The van der Waals surface area contributed by atoms with Gasteiger partial charge in [0.2, 0.25) is 5.91 Å². The van der Waals surface area contributed by atoms with Crippen LogP contribution in [0, 0.1) is 0 Å². The first-order valence-electron chi connectivity index (χ1n) is 9.28. The molecule has 1 rings (SSSR count). The molecule has 26 heavy (non-hydrogen) atoms. The minimum Gasteiger partial charge on any atom is -0.491 e. The molecular formula is C20H33N3O3. The summed E-state index contributed by atoms with van der Waals surface area (Å²) >= 11 is 0. The minimum absolute atomic E-state index is 0.0353. The molecule has 0 saturated heterocycles. The van der Waals surface area contributed by atoms with Crippen LogP contribution in [-0.2, 0) is 4.79 Å². The lowest BCUT2D eigenvalue weighted by Crippen LogP contribution is -2.44. The molecule has 0 unspecified atom stereocenters. The Hall–Kier alpha value is -2.08. The van der Waals surface area contributed by atoms with E-state index in [-0.39, 0.29) is 24.5 Å². The molecule has 0 saturated carbocycles. The van der Waals surface area contributed by atoms with Crippen molar-refractivity contribution in [1.29, 1.82) is 0 Å². The molecule has 0 aliphatic heterocycles. The van der Waals surface area contributed by atoms with Crippen LogP contribution in [-0.4, -0.2) is 54.5 Å². The lowest BCUT2D eigenvalue weighted by atomic mass is 10.2. The summed E-state index contributed by atoms with van der Waals surface area (Å²) in [7, 11) is 0. The van der Waals surface area contributed by atoms with Crippen molar-refractivity contribution < 1.29 is 14.3 Å².